The van der Waals surface area contributed by atoms with E-state index in [0.29, 0.717) is 30.4 Å². The first kappa shape index (κ1) is 22.5. The van der Waals surface area contributed by atoms with Gasteiger partial charge in [-0.25, -0.2) is 0 Å². The van der Waals surface area contributed by atoms with Gasteiger partial charge in [0, 0.05) is 11.8 Å². The highest BCUT2D eigenvalue weighted by molar-refractivity contribution is 5.95. The summed E-state index contributed by atoms with van der Waals surface area (Å²) < 4.78 is 11.4. The number of amides is 1. The first-order valence-electron chi connectivity index (χ1n) is 8.25. The molecule has 0 aliphatic heterocycles. The molecule has 24 heavy (non-hydrogen) atoms. The fourth-order valence-electron chi connectivity index (χ4n) is 1.86. The van der Waals surface area contributed by atoms with E-state index >= 15 is 0 Å². The minimum Gasteiger partial charge on any atom is -0.490 e. The molecule has 0 saturated carbocycles. The molecule has 5 nitrogen and oxygen atoms in total. The molecule has 0 radical (unpaired) electrons. The molecule has 1 amide bonds. The van der Waals surface area contributed by atoms with Crippen LogP contribution in [0, 0.1) is 5.41 Å². The van der Waals surface area contributed by atoms with E-state index in [1.54, 1.807) is 12.1 Å². The minimum absolute atomic E-state index is 0. The highest BCUT2D eigenvalue weighted by Gasteiger charge is 2.27. The Morgan fingerprint density at radius 1 is 1.12 bits per heavy atom. The quantitative estimate of drug-likeness (QED) is 0.736. The normalized spacial score (nSPS) is 12.1. The van der Waals surface area contributed by atoms with Crippen molar-refractivity contribution >= 4 is 24.0 Å². The summed E-state index contributed by atoms with van der Waals surface area (Å²) in [5.41, 5.74) is 6.35. The number of halogens is 1. The maximum absolute atomic E-state index is 12.2. The van der Waals surface area contributed by atoms with E-state index in [0.717, 1.165) is 12.8 Å². The fourth-order valence-corrected chi connectivity index (χ4v) is 1.86. The monoisotopic (exact) mass is 358 g/mol. The molecule has 0 unspecified atom stereocenters. The summed E-state index contributed by atoms with van der Waals surface area (Å²) in [5, 5.41) is 2.85. The molecular formula is C18H31ClN2O3. The molecule has 138 valence electrons. The lowest BCUT2D eigenvalue weighted by Gasteiger charge is -2.26. The Morgan fingerprint density at radius 2 is 1.67 bits per heavy atom. The van der Waals surface area contributed by atoms with Crippen molar-refractivity contribution in [2.75, 3.05) is 18.5 Å². The van der Waals surface area contributed by atoms with Gasteiger partial charge in [-0.05, 0) is 30.4 Å². The third-order valence-electron chi connectivity index (χ3n) is 3.35. The van der Waals surface area contributed by atoms with E-state index in [1.807, 2.05) is 33.8 Å². The van der Waals surface area contributed by atoms with Crippen molar-refractivity contribution in [2.24, 2.45) is 11.1 Å². The summed E-state index contributed by atoms with van der Waals surface area (Å²) in [6, 6.07) is 4.82. The largest absolute Gasteiger partial charge is 0.490 e. The number of benzene rings is 1. The second-order valence-corrected chi connectivity index (χ2v) is 6.69. The average Bonchev–Trinajstić information content (AvgIpc) is 2.50. The van der Waals surface area contributed by atoms with Crippen LogP contribution in [0.2, 0.25) is 0 Å². The molecule has 0 heterocycles. The Hall–Kier alpha value is -1.46. The molecule has 1 aromatic carbocycles. The van der Waals surface area contributed by atoms with Crippen molar-refractivity contribution in [2.45, 2.75) is 53.5 Å². The molecule has 0 saturated heterocycles. The van der Waals surface area contributed by atoms with Gasteiger partial charge in [0.2, 0.25) is 5.91 Å². The second-order valence-electron chi connectivity index (χ2n) is 6.69. The van der Waals surface area contributed by atoms with Gasteiger partial charge in [0.1, 0.15) is 0 Å². The van der Waals surface area contributed by atoms with Gasteiger partial charge in [-0.3, -0.25) is 4.79 Å². The molecule has 6 heteroatoms. The van der Waals surface area contributed by atoms with Crippen molar-refractivity contribution in [3.8, 4) is 11.5 Å². The van der Waals surface area contributed by atoms with Gasteiger partial charge in [0.05, 0.1) is 19.3 Å². The summed E-state index contributed by atoms with van der Waals surface area (Å²) in [7, 11) is 0. The summed E-state index contributed by atoms with van der Waals surface area (Å²) in [6.07, 6.45) is 1.82. The van der Waals surface area contributed by atoms with Crippen LogP contribution in [0.1, 0.15) is 47.5 Å². The average molecular weight is 359 g/mol. The number of hydrogen-bond donors (Lipinski definition) is 2. The van der Waals surface area contributed by atoms with E-state index in [2.05, 4.69) is 12.2 Å². The van der Waals surface area contributed by atoms with Crippen molar-refractivity contribution < 1.29 is 14.3 Å². The Balaban J connectivity index is 0.00000529. The van der Waals surface area contributed by atoms with Crippen LogP contribution in [0.4, 0.5) is 5.69 Å². The van der Waals surface area contributed by atoms with Crippen molar-refractivity contribution in [3.05, 3.63) is 18.2 Å². The lowest BCUT2D eigenvalue weighted by Crippen LogP contribution is -2.45. The summed E-state index contributed by atoms with van der Waals surface area (Å²) in [4.78, 5) is 12.2. The van der Waals surface area contributed by atoms with Gasteiger partial charge in [0.15, 0.2) is 11.5 Å². The highest BCUT2D eigenvalue weighted by atomic mass is 35.5. The van der Waals surface area contributed by atoms with E-state index in [1.165, 1.54) is 0 Å². The smallest absolute Gasteiger partial charge is 0.241 e. The number of anilines is 1. The van der Waals surface area contributed by atoms with E-state index in [9.17, 15) is 4.79 Å². The lowest BCUT2D eigenvalue weighted by atomic mass is 9.87. The molecular weight excluding hydrogens is 328 g/mol. The lowest BCUT2D eigenvalue weighted by molar-refractivity contribution is -0.119. The molecule has 1 rings (SSSR count). The third kappa shape index (κ3) is 6.97. The third-order valence-corrected chi connectivity index (χ3v) is 3.35. The van der Waals surface area contributed by atoms with Crippen LogP contribution in [0.3, 0.4) is 0 Å². The Labute approximate surface area is 151 Å². The molecule has 0 fully saturated rings. The summed E-state index contributed by atoms with van der Waals surface area (Å²) >= 11 is 0. The van der Waals surface area contributed by atoms with Gasteiger partial charge >= 0.3 is 0 Å². The molecule has 0 aliphatic rings. The zero-order valence-electron chi connectivity index (χ0n) is 15.3. The van der Waals surface area contributed by atoms with E-state index in [-0.39, 0.29) is 23.7 Å². The summed E-state index contributed by atoms with van der Waals surface area (Å²) in [6.45, 7) is 11.1. The maximum Gasteiger partial charge on any atom is 0.241 e. The highest BCUT2D eigenvalue weighted by Crippen LogP contribution is 2.31. The van der Waals surface area contributed by atoms with Crippen LogP contribution in [0.25, 0.3) is 0 Å². The number of hydrogen-bond acceptors (Lipinski definition) is 4. The zero-order chi connectivity index (χ0) is 17.5. The van der Waals surface area contributed by atoms with Gasteiger partial charge in [-0.1, -0.05) is 34.6 Å². The van der Waals surface area contributed by atoms with Crippen molar-refractivity contribution in [1.82, 2.24) is 0 Å². The second kappa shape index (κ2) is 10.4. The Bertz CT molecular complexity index is 515. The zero-order valence-corrected chi connectivity index (χ0v) is 16.2. The first-order valence-corrected chi connectivity index (χ1v) is 8.25. The van der Waals surface area contributed by atoms with Crippen LogP contribution < -0.4 is 20.5 Å². The fraction of sp³-hybridized carbons (Fsp3) is 0.611. The predicted molar refractivity (Wildman–Crippen MR) is 101 cm³/mol. The molecule has 1 aromatic rings. The van der Waals surface area contributed by atoms with Crippen LogP contribution >= 0.6 is 12.4 Å². The molecule has 0 aromatic heterocycles. The van der Waals surface area contributed by atoms with Crippen LogP contribution in [0.15, 0.2) is 18.2 Å². The molecule has 3 N–H and O–H groups in total. The van der Waals surface area contributed by atoms with E-state index in [4.69, 9.17) is 15.2 Å². The van der Waals surface area contributed by atoms with Gasteiger partial charge < -0.3 is 20.5 Å². The SMILES string of the molecule is CCCOc1ccc(NC(=O)[C@@H](N)C(C)(C)C)cc1OCCC.Cl. The van der Waals surface area contributed by atoms with Crippen LogP contribution in [-0.4, -0.2) is 25.2 Å². The molecule has 0 bridgehead atoms. The van der Waals surface area contributed by atoms with Gasteiger partial charge in [0.25, 0.3) is 0 Å². The van der Waals surface area contributed by atoms with E-state index < -0.39 is 6.04 Å². The Kier molecular flexibility index (Phi) is 9.78. The number of carbonyl (C=O) groups excluding carboxylic acids is 1. The number of carbonyl (C=O) groups is 1. The predicted octanol–water partition coefficient (Wildman–Crippen LogP) is 4.00. The minimum atomic E-state index is -0.585. The standard InChI is InChI=1S/C18H30N2O3.ClH/c1-6-10-22-14-9-8-13(12-15(14)23-11-7-2)20-17(21)16(19)18(3,4)5;/h8-9,12,16H,6-7,10-11,19H2,1-5H3,(H,20,21);1H/t16-;/m1./s1. The number of rotatable bonds is 8. The molecule has 1 atom stereocenters. The number of nitrogens with two attached hydrogens (primary N) is 1. The number of ether oxygens (including phenoxy) is 2. The van der Waals surface area contributed by atoms with Crippen LogP contribution in [0.5, 0.6) is 11.5 Å². The Morgan fingerprint density at radius 3 is 2.17 bits per heavy atom. The van der Waals surface area contributed by atoms with Gasteiger partial charge in [-0.15, -0.1) is 12.4 Å². The maximum atomic E-state index is 12.2. The first-order chi connectivity index (χ1) is 10.8. The molecule has 0 aliphatic carbocycles. The van der Waals surface area contributed by atoms with Crippen molar-refractivity contribution in [3.63, 3.8) is 0 Å². The van der Waals surface area contributed by atoms with Gasteiger partial charge in [-0.2, -0.15) is 0 Å². The van der Waals surface area contributed by atoms with Crippen LogP contribution in [-0.2, 0) is 4.79 Å². The number of nitrogens with one attached hydrogen (secondary N) is 1. The summed E-state index contributed by atoms with van der Waals surface area (Å²) in [5.74, 6) is 1.13. The molecule has 0 spiro atoms. The topological polar surface area (TPSA) is 73.6 Å². The van der Waals surface area contributed by atoms with Crippen molar-refractivity contribution in [1.29, 1.82) is 0 Å².